The number of amides is 2. The summed E-state index contributed by atoms with van der Waals surface area (Å²) in [4.78, 5) is 28.1. The van der Waals surface area contributed by atoms with Crippen LogP contribution >= 0.6 is 34.8 Å². The van der Waals surface area contributed by atoms with Gasteiger partial charge in [-0.2, -0.15) is 0 Å². The highest BCUT2D eigenvalue weighted by Gasteiger charge is 2.31. The van der Waals surface area contributed by atoms with E-state index in [9.17, 15) is 9.59 Å². The first-order valence-electron chi connectivity index (χ1n) is 10.8. The maximum Gasteiger partial charge on any atom is 0.261 e. The normalized spacial score (nSPS) is 11.5. The van der Waals surface area contributed by atoms with Crippen molar-refractivity contribution in [3.05, 3.63) is 99.0 Å². The molecule has 1 atom stereocenters. The van der Waals surface area contributed by atoms with Gasteiger partial charge in [-0.05, 0) is 42.8 Å². The Kier molecular flexibility index (Phi) is 9.63. The second-order valence-corrected chi connectivity index (χ2v) is 8.82. The molecule has 5 nitrogen and oxygen atoms in total. The zero-order chi connectivity index (χ0) is 24.5. The minimum atomic E-state index is -0.801. The number of carbonyl (C=O) groups is 2. The number of likely N-dealkylation sites (N-methyl/N-ethyl adjacent to an activating group) is 1. The van der Waals surface area contributed by atoms with Crippen LogP contribution in [0.5, 0.6) is 5.75 Å². The Balaban J connectivity index is 1.94. The Morgan fingerprint density at radius 1 is 0.941 bits per heavy atom. The van der Waals surface area contributed by atoms with E-state index in [4.69, 9.17) is 39.5 Å². The number of hydrogen-bond acceptors (Lipinski definition) is 3. The van der Waals surface area contributed by atoms with Crippen molar-refractivity contribution < 1.29 is 14.3 Å². The molecule has 0 radical (unpaired) electrons. The first-order chi connectivity index (χ1) is 16.4. The fraction of sp³-hybridized carbons (Fsp3) is 0.231. The lowest BCUT2D eigenvalue weighted by Crippen LogP contribution is -2.51. The standard InChI is InChI=1S/C26H25Cl3N2O3/c1-2-30-26(33)24(14-18-8-4-3-5-9-18)31(16-21-22(28)12-7-13-23(21)29)25(32)17-34-20-11-6-10-19(27)15-20/h3-13,15,24H,2,14,16-17H2,1H3,(H,30,33)/t24-/m1/s1. The first-order valence-corrected chi connectivity index (χ1v) is 11.9. The molecule has 0 heterocycles. The lowest BCUT2D eigenvalue weighted by atomic mass is 10.0. The summed E-state index contributed by atoms with van der Waals surface area (Å²) in [7, 11) is 0. The minimum Gasteiger partial charge on any atom is -0.484 e. The Morgan fingerprint density at radius 2 is 1.62 bits per heavy atom. The zero-order valence-corrected chi connectivity index (χ0v) is 20.9. The van der Waals surface area contributed by atoms with Crippen molar-refractivity contribution in [1.29, 1.82) is 0 Å². The predicted octanol–water partition coefficient (Wildman–Crippen LogP) is 5.80. The van der Waals surface area contributed by atoms with Gasteiger partial charge in [-0.15, -0.1) is 0 Å². The molecule has 1 N–H and O–H groups in total. The zero-order valence-electron chi connectivity index (χ0n) is 18.6. The van der Waals surface area contributed by atoms with E-state index in [2.05, 4.69) is 5.32 Å². The molecule has 0 aliphatic rings. The lowest BCUT2D eigenvalue weighted by molar-refractivity contribution is -0.142. The van der Waals surface area contributed by atoms with Crippen molar-refractivity contribution in [3.8, 4) is 5.75 Å². The van der Waals surface area contributed by atoms with Crippen LogP contribution in [0.15, 0.2) is 72.8 Å². The van der Waals surface area contributed by atoms with Gasteiger partial charge in [0, 0.05) is 40.1 Å². The van der Waals surface area contributed by atoms with E-state index in [1.807, 2.05) is 37.3 Å². The van der Waals surface area contributed by atoms with E-state index >= 15 is 0 Å². The van der Waals surface area contributed by atoms with Gasteiger partial charge in [0.1, 0.15) is 11.8 Å². The quantitative estimate of drug-likeness (QED) is 0.368. The Labute approximate surface area is 214 Å². The smallest absolute Gasteiger partial charge is 0.261 e. The van der Waals surface area contributed by atoms with E-state index < -0.39 is 6.04 Å². The molecule has 0 bridgehead atoms. The number of carbonyl (C=O) groups excluding carboxylic acids is 2. The fourth-order valence-corrected chi connectivity index (χ4v) is 4.18. The van der Waals surface area contributed by atoms with Crippen molar-refractivity contribution in [3.63, 3.8) is 0 Å². The van der Waals surface area contributed by atoms with Gasteiger partial charge < -0.3 is 15.0 Å². The van der Waals surface area contributed by atoms with Crippen molar-refractivity contribution in [2.45, 2.75) is 25.9 Å². The number of nitrogens with one attached hydrogen (secondary N) is 1. The summed E-state index contributed by atoms with van der Waals surface area (Å²) in [5, 5.41) is 4.16. The molecule has 0 aromatic heterocycles. The van der Waals surface area contributed by atoms with Gasteiger partial charge in [-0.3, -0.25) is 9.59 Å². The molecule has 0 aliphatic heterocycles. The number of nitrogens with zero attached hydrogens (tertiary/aromatic N) is 1. The van der Waals surface area contributed by atoms with Gasteiger partial charge >= 0.3 is 0 Å². The molecule has 178 valence electrons. The van der Waals surface area contributed by atoms with Gasteiger partial charge in [0.05, 0.1) is 0 Å². The molecule has 3 rings (SSSR count). The molecule has 0 saturated carbocycles. The Hall–Kier alpha value is -2.73. The van der Waals surface area contributed by atoms with Crippen LogP contribution in [0.2, 0.25) is 15.1 Å². The third-order valence-electron chi connectivity index (χ3n) is 5.17. The molecule has 0 unspecified atom stereocenters. The number of halogens is 3. The molecule has 0 fully saturated rings. The average Bonchev–Trinajstić information content (AvgIpc) is 2.82. The van der Waals surface area contributed by atoms with E-state index in [0.717, 1.165) is 5.56 Å². The number of ether oxygens (including phenoxy) is 1. The van der Waals surface area contributed by atoms with Crippen LogP contribution < -0.4 is 10.1 Å². The fourth-order valence-electron chi connectivity index (χ4n) is 3.48. The molecule has 0 spiro atoms. The molecule has 0 saturated heterocycles. The van der Waals surface area contributed by atoms with Crippen LogP contribution in [-0.4, -0.2) is 35.9 Å². The minimum absolute atomic E-state index is 0.0465. The van der Waals surface area contributed by atoms with Crippen LogP contribution in [0.3, 0.4) is 0 Å². The van der Waals surface area contributed by atoms with Gasteiger partial charge in [-0.1, -0.05) is 77.3 Å². The highest BCUT2D eigenvalue weighted by molar-refractivity contribution is 6.36. The van der Waals surface area contributed by atoms with Crippen molar-refractivity contribution in [1.82, 2.24) is 10.2 Å². The average molecular weight is 520 g/mol. The predicted molar refractivity (Wildman–Crippen MR) is 137 cm³/mol. The monoisotopic (exact) mass is 518 g/mol. The molecular weight excluding hydrogens is 495 g/mol. The molecule has 3 aromatic carbocycles. The number of hydrogen-bond donors (Lipinski definition) is 1. The number of rotatable bonds is 10. The topological polar surface area (TPSA) is 58.6 Å². The molecule has 2 amide bonds. The molecule has 8 heteroatoms. The summed E-state index contributed by atoms with van der Waals surface area (Å²) >= 11 is 18.8. The third-order valence-corrected chi connectivity index (χ3v) is 6.11. The summed E-state index contributed by atoms with van der Waals surface area (Å²) in [5.41, 5.74) is 1.47. The summed E-state index contributed by atoms with van der Waals surface area (Å²) in [5.74, 6) is -0.206. The maximum atomic E-state index is 13.5. The highest BCUT2D eigenvalue weighted by Crippen LogP contribution is 2.27. The van der Waals surface area contributed by atoms with Gasteiger partial charge in [0.2, 0.25) is 5.91 Å². The Morgan fingerprint density at radius 3 is 2.26 bits per heavy atom. The van der Waals surface area contributed by atoms with Gasteiger partial charge in [0.15, 0.2) is 6.61 Å². The Bertz CT molecular complexity index is 1110. The van der Waals surface area contributed by atoms with E-state index in [-0.39, 0.29) is 25.0 Å². The first kappa shape index (κ1) is 25.9. The van der Waals surface area contributed by atoms with Gasteiger partial charge in [-0.25, -0.2) is 0 Å². The second kappa shape index (κ2) is 12.7. The van der Waals surface area contributed by atoms with Crippen LogP contribution in [-0.2, 0) is 22.6 Å². The summed E-state index contributed by atoms with van der Waals surface area (Å²) < 4.78 is 5.69. The van der Waals surface area contributed by atoms with Gasteiger partial charge in [0.25, 0.3) is 5.91 Å². The largest absolute Gasteiger partial charge is 0.484 e. The summed E-state index contributed by atoms with van der Waals surface area (Å²) in [6, 6.07) is 20.6. The van der Waals surface area contributed by atoms with Crippen LogP contribution in [0.25, 0.3) is 0 Å². The SMILES string of the molecule is CCNC(=O)[C@@H](Cc1ccccc1)N(Cc1c(Cl)cccc1Cl)C(=O)COc1cccc(Cl)c1. The van der Waals surface area contributed by atoms with Crippen LogP contribution in [0, 0.1) is 0 Å². The summed E-state index contributed by atoms with van der Waals surface area (Å²) in [6.07, 6.45) is 0.317. The second-order valence-electron chi connectivity index (χ2n) is 7.57. The van der Waals surface area contributed by atoms with Crippen molar-refractivity contribution >= 4 is 46.6 Å². The molecular formula is C26H25Cl3N2O3. The highest BCUT2D eigenvalue weighted by atomic mass is 35.5. The summed E-state index contributed by atoms with van der Waals surface area (Å²) in [6.45, 7) is 2.02. The molecule has 0 aliphatic carbocycles. The van der Waals surface area contributed by atoms with Crippen molar-refractivity contribution in [2.75, 3.05) is 13.2 Å². The van der Waals surface area contributed by atoms with E-state index in [1.165, 1.54) is 4.90 Å². The number of benzene rings is 3. The molecule has 34 heavy (non-hydrogen) atoms. The van der Waals surface area contributed by atoms with E-state index in [0.29, 0.717) is 39.3 Å². The van der Waals surface area contributed by atoms with Crippen LogP contribution in [0.4, 0.5) is 0 Å². The molecule has 3 aromatic rings. The van der Waals surface area contributed by atoms with Crippen LogP contribution in [0.1, 0.15) is 18.1 Å². The van der Waals surface area contributed by atoms with E-state index in [1.54, 1.807) is 42.5 Å². The lowest BCUT2D eigenvalue weighted by Gasteiger charge is -2.32. The van der Waals surface area contributed by atoms with Crippen molar-refractivity contribution in [2.24, 2.45) is 0 Å². The third kappa shape index (κ3) is 7.13. The maximum absolute atomic E-state index is 13.5.